The van der Waals surface area contributed by atoms with Crippen LogP contribution >= 0.6 is 0 Å². The quantitative estimate of drug-likeness (QED) is 0.770. The zero-order chi connectivity index (χ0) is 13.6. The number of nitrogens with zero attached hydrogens (tertiary/aromatic N) is 1. The Morgan fingerprint density at radius 3 is 2.22 bits per heavy atom. The fourth-order valence-corrected chi connectivity index (χ4v) is 2.21. The van der Waals surface area contributed by atoms with Crippen molar-refractivity contribution in [3.8, 4) is 0 Å². The van der Waals surface area contributed by atoms with Gasteiger partial charge in [0.05, 0.1) is 6.20 Å². The Bertz CT molecular complexity index is 427. The number of aromatic amines is 1. The van der Waals surface area contributed by atoms with Crippen molar-refractivity contribution in [2.75, 3.05) is 0 Å². The van der Waals surface area contributed by atoms with Crippen LogP contribution in [0, 0.1) is 0 Å². The van der Waals surface area contributed by atoms with E-state index in [1.807, 2.05) is 5.10 Å². The van der Waals surface area contributed by atoms with Gasteiger partial charge in [-0.1, -0.05) is 0 Å². The molecule has 3 N–H and O–H groups in total. The van der Waals surface area contributed by atoms with E-state index in [-0.39, 0.29) is 18.4 Å². The molecule has 0 saturated heterocycles. The predicted octanol–water partition coefficient (Wildman–Crippen LogP) is 2.79. The summed E-state index contributed by atoms with van der Waals surface area (Å²) < 4.78 is 64.1. The van der Waals surface area contributed by atoms with Crippen LogP contribution < -0.4 is 5.73 Å². The molecule has 1 fully saturated rings. The first-order chi connectivity index (χ1) is 8.14. The molecule has 102 valence electrons. The maximum absolute atomic E-state index is 13.0. The number of nitrogens with one attached hydrogen (secondary N) is 1. The van der Waals surface area contributed by atoms with E-state index in [0.717, 1.165) is 6.20 Å². The van der Waals surface area contributed by atoms with Crippen LogP contribution in [0.4, 0.5) is 22.0 Å². The van der Waals surface area contributed by atoms with E-state index < -0.39 is 36.2 Å². The molecule has 3 nitrogen and oxygen atoms in total. The topological polar surface area (TPSA) is 54.7 Å². The third-order valence-corrected chi connectivity index (χ3v) is 3.33. The second-order valence-electron chi connectivity index (χ2n) is 4.67. The molecular weight excluding hydrogens is 257 g/mol. The Morgan fingerprint density at radius 1 is 1.17 bits per heavy atom. The lowest BCUT2D eigenvalue weighted by Crippen LogP contribution is -2.44. The first-order valence-electron chi connectivity index (χ1n) is 5.42. The van der Waals surface area contributed by atoms with E-state index >= 15 is 0 Å². The monoisotopic (exact) mass is 269 g/mol. The smallest absolute Gasteiger partial charge is 0.321 e. The van der Waals surface area contributed by atoms with Crippen molar-refractivity contribution in [2.45, 2.75) is 43.3 Å². The van der Waals surface area contributed by atoms with Crippen LogP contribution in [0.5, 0.6) is 0 Å². The molecule has 8 heteroatoms. The number of aromatic nitrogens is 2. The van der Waals surface area contributed by atoms with Crippen molar-refractivity contribution in [2.24, 2.45) is 5.73 Å². The Balaban J connectivity index is 2.30. The summed E-state index contributed by atoms with van der Waals surface area (Å²) in [5.74, 6) is -2.84. The van der Waals surface area contributed by atoms with Crippen LogP contribution in [-0.2, 0) is 11.7 Å². The van der Waals surface area contributed by atoms with E-state index in [9.17, 15) is 22.0 Å². The van der Waals surface area contributed by atoms with Crippen molar-refractivity contribution < 1.29 is 22.0 Å². The van der Waals surface area contributed by atoms with Gasteiger partial charge in [0.15, 0.2) is 0 Å². The molecule has 0 aromatic carbocycles. The Morgan fingerprint density at radius 2 is 1.72 bits per heavy atom. The second-order valence-corrected chi connectivity index (χ2v) is 4.67. The van der Waals surface area contributed by atoms with E-state index in [2.05, 4.69) is 5.10 Å². The van der Waals surface area contributed by atoms with Crippen molar-refractivity contribution in [1.29, 1.82) is 0 Å². The molecule has 0 aliphatic heterocycles. The third-order valence-electron chi connectivity index (χ3n) is 3.33. The van der Waals surface area contributed by atoms with Crippen LogP contribution in [0.2, 0.25) is 0 Å². The first-order valence-corrected chi connectivity index (χ1v) is 5.42. The highest BCUT2D eigenvalue weighted by Crippen LogP contribution is 2.45. The van der Waals surface area contributed by atoms with Gasteiger partial charge in [-0.2, -0.15) is 18.3 Å². The number of rotatable bonds is 1. The van der Waals surface area contributed by atoms with Crippen LogP contribution in [0.15, 0.2) is 6.20 Å². The molecule has 1 saturated carbocycles. The summed E-state index contributed by atoms with van der Waals surface area (Å²) in [5.41, 5.74) is 3.18. The minimum Gasteiger partial charge on any atom is -0.321 e. The highest BCUT2D eigenvalue weighted by molar-refractivity contribution is 5.29. The molecule has 2 rings (SSSR count). The summed E-state index contributed by atoms with van der Waals surface area (Å²) in [6.45, 7) is 0. The average Bonchev–Trinajstić information content (AvgIpc) is 2.72. The molecule has 0 amide bonds. The van der Waals surface area contributed by atoms with E-state index in [0.29, 0.717) is 0 Å². The lowest BCUT2D eigenvalue weighted by Gasteiger charge is -2.37. The highest BCUT2D eigenvalue weighted by Gasteiger charge is 2.47. The van der Waals surface area contributed by atoms with Gasteiger partial charge in [-0.15, -0.1) is 0 Å². The Kier molecular flexibility index (Phi) is 2.88. The molecule has 1 heterocycles. The Hall–Kier alpha value is -1.18. The summed E-state index contributed by atoms with van der Waals surface area (Å²) in [4.78, 5) is 0. The van der Waals surface area contributed by atoms with E-state index in [4.69, 9.17) is 5.73 Å². The number of alkyl halides is 5. The van der Waals surface area contributed by atoms with Gasteiger partial charge < -0.3 is 5.73 Å². The average molecular weight is 269 g/mol. The second kappa shape index (κ2) is 3.91. The van der Waals surface area contributed by atoms with Gasteiger partial charge in [0.25, 0.3) is 0 Å². The minimum absolute atomic E-state index is 0.192. The molecule has 0 bridgehead atoms. The minimum atomic E-state index is -4.61. The zero-order valence-corrected chi connectivity index (χ0v) is 9.32. The van der Waals surface area contributed by atoms with Crippen molar-refractivity contribution in [3.63, 3.8) is 0 Å². The number of nitrogens with two attached hydrogens (primary N) is 1. The number of H-pyrrole nitrogens is 1. The van der Waals surface area contributed by atoms with Crippen molar-refractivity contribution in [1.82, 2.24) is 10.2 Å². The number of hydrogen-bond acceptors (Lipinski definition) is 2. The standard InChI is InChI=1S/C10H12F5N3/c11-9(12)3-1-8(16,2-4-9)6-5-17-18-7(6)10(13,14)15/h5H,1-4,16H2,(H,17,18). The zero-order valence-electron chi connectivity index (χ0n) is 9.32. The number of halogens is 5. The Labute approximate surface area is 99.5 Å². The van der Waals surface area contributed by atoms with Crippen molar-refractivity contribution >= 4 is 0 Å². The van der Waals surface area contributed by atoms with Crippen LogP contribution in [0.3, 0.4) is 0 Å². The third kappa shape index (κ3) is 2.33. The van der Waals surface area contributed by atoms with E-state index in [1.54, 1.807) is 0 Å². The molecule has 1 aliphatic carbocycles. The fourth-order valence-electron chi connectivity index (χ4n) is 2.21. The van der Waals surface area contributed by atoms with Crippen LogP contribution in [0.25, 0.3) is 0 Å². The first kappa shape index (κ1) is 13.3. The summed E-state index contributed by atoms with van der Waals surface area (Å²) in [6, 6.07) is 0. The van der Waals surface area contributed by atoms with Crippen LogP contribution in [0.1, 0.15) is 36.9 Å². The molecule has 0 radical (unpaired) electrons. The summed E-state index contributed by atoms with van der Waals surface area (Å²) in [5, 5.41) is 5.18. The predicted molar refractivity (Wildman–Crippen MR) is 52.9 cm³/mol. The summed E-state index contributed by atoms with van der Waals surface area (Å²) >= 11 is 0. The lowest BCUT2D eigenvalue weighted by atomic mass is 9.76. The molecule has 0 atom stereocenters. The SMILES string of the molecule is NC1(c2cn[nH]c2C(F)(F)F)CCC(F)(F)CC1. The summed E-state index contributed by atoms with van der Waals surface area (Å²) in [7, 11) is 0. The molecule has 1 aromatic heterocycles. The molecule has 1 aromatic rings. The van der Waals surface area contributed by atoms with Gasteiger partial charge in [-0.25, -0.2) is 8.78 Å². The van der Waals surface area contributed by atoms with E-state index in [1.165, 1.54) is 0 Å². The summed E-state index contributed by atoms with van der Waals surface area (Å²) in [6.07, 6.45) is -5.03. The maximum Gasteiger partial charge on any atom is 0.433 e. The van der Waals surface area contributed by atoms with Gasteiger partial charge >= 0.3 is 6.18 Å². The van der Waals surface area contributed by atoms with Gasteiger partial charge in [0.2, 0.25) is 5.92 Å². The maximum atomic E-state index is 13.0. The molecule has 1 aliphatic rings. The van der Waals surface area contributed by atoms with Crippen LogP contribution in [-0.4, -0.2) is 16.1 Å². The largest absolute Gasteiger partial charge is 0.433 e. The van der Waals surface area contributed by atoms with Gasteiger partial charge in [-0.05, 0) is 12.8 Å². The fraction of sp³-hybridized carbons (Fsp3) is 0.700. The highest BCUT2D eigenvalue weighted by atomic mass is 19.4. The van der Waals surface area contributed by atoms with Gasteiger partial charge in [0.1, 0.15) is 5.69 Å². The molecule has 18 heavy (non-hydrogen) atoms. The van der Waals surface area contributed by atoms with Gasteiger partial charge in [0, 0.05) is 23.9 Å². The molecule has 0 spiro atoms. The molecule has 0 unspecified atom stereocenters. The van der Waals surface area contributed by atoms with Crippen molar-refractivity contribution in [3.05, 3.63) is 17.5 Å². The molecular formula is C10H12F5N3. The van der Waals surface area contributed by atoms with Gasteiger partial charge in [-0.3, -0.25) is 5.10 Å². The normalized spacial score (nSPS) is 23.0. The number of hydrogen-bond donors (Lipinski definition) is 2. The lowest BCUT2D eigenvalue weighted by molar-refractivity contribution is -0.142.